The molecule has 1 heterocycles. The molecular weight excluding hydrogens is 386 g/mol. The molecule has 8 heteroatoms. The van der Waals surface area contributed by atoms with Crippen LogP contribution in [0, 0.1) is 0 Å². The van der Waals surface area contributed by atoms with Gasteiger partial charge in [-0.15, -0.1) is 0 Å². The van der Waals surface area contributed by atoms with E-state index < -0.39 is 5.91 Å². The third kappa shape index (κ3) is 5.08. The molecule has 0 aromatic heterocycles. The average molecular weight is 406 g/mol. The van der Waals surface area contributed by atoms with Gasteiger partial charge in [0.2, 0.25) is 0 Å². The molecule has 1 saturated heterocycles. The lowest BCUT2D eigenvalue weighted by Crippen LogP contribution is -2.32. The van der Waals surface area contributed by atoms with Crippen LogP contribution in [0.15, 0.2) is 42.5 Å². The zero-order valence-corrected chi connectivity index (χ0v) is 16.2. The van der Waals surface area contributed by atoms with Crippen molar-refractivity contribution in [3.63, 3.8) is 0 Å². The van der Waals surface area contributed by atoms with E-state index in [1.165, 1.54) is 0 Å². The Kier molecular flexibility index (Phi) is 6.47. The number of nitrogens with one attached hydrogen (secondary N) is 1. The molecule has 2 amide bonds. The summed E-state index contributed by atoms with van der Waals surface area (Å²) >= 11 is 8.37. The molecule has 27 heavy (non-hydrogen) atoms. The van der Waals surface area contributed by atoms with Gasteiger partial charge in [-0.1, -0.05) is 23.7 Å². The topological polar surface area (TPSA) is 84.7 Å². The fourth-order valence-corrected chi connectivity index (χ4v) is 3.98. The lowest BCUT2D eigenvalue weighted by molar-refractivity contribution is -0.119. The van der Waals surface area contributed by atoms with Crippen molar-refractivity contribution in [1.82, 2.24) is 0 Å². The third-order valence-corrected chi connectivity index (χ3v) is 5.30. The molecule has 2 aromatic rings. The SMILES string of the molecule is NC(=O)COc1ccccc1C(=O)Nc1ccc(N2CCSCC2)c(Cl)c1. The Bertz CT molecular complexity index is 841. The van der Waals surface area contributed by atoms with Crippen molar-refractivity contribution in [3.8, 4) is 5.75 Å². The maximum Gasteiger partial charge on any atom is 0.259 e. The van der Waals surface area contributed by atoms with Crippen molar-refractivity contribution in [1.29, 1.82) is 0 Å². The van der Waals surface area contributed by atoms with Crippen LogP contribution in [0.5, 0.6) is 5.75 Å². The molecule has 2 aromatic carbocycles. The van der Waals surface area contributed by atoms with Gasteiger partial charge in [0.15, 0.2) is 6.61 Å². The van der Waals surface area contributed by atoms with Crippen LogP contribution in [0.4, 0.5) is 11.4 Å². The van der Waals surface area contributed by atoms with Gasteiger partial charge < -0.3 is 20.7 Å². The highest BCUT2D eigenvalue weighted by Gasteiger charge is 2.16. The Morgan fingerprint density at radius 2 is 1.93 bits per heavy atom. The van der Waals surface area contributed by atoms with E-state index in [1.54, 1.807) is 30.3 Å². The normalized spacial score (nSPS) is 13.9. The fraction of sp³-hybridized carbons (Fsp3) is 0.263. The number of benzene rings is 2. The largest absolute Gasteiger partial charge is 0.483 e. The first kappa shape index (κ1) is 19.4. The fourth-order valence-electron chi connectivity index (χ4n) is 2.77. The van der Waals surface area contributed by atoms with Crippen molar-refractivity contribution >= 4 is 46.6 Å². The van der Waals surface area contributed by atoms with E-state index in [0.29, 0.717) is 22.0 Å². The minimum atomic E-state index is -0.608. The summed E-state index contributed by atoms with van der Waals surface area (Å²) in [6, 6.07) is 12.2. The highest BCUT2D eigenvalue weighted by atomic mass is 35.5. The van der Waals surface area contributed by atoms with E-state index in [0.717, 1.165) is 30.3 Å². The number of halogens is 1. The van der Waals surface area contributed by atoms with E-state index in [4.69, 9.17) is 22.1 Å². The second kappa shape index (κ2) is 9.01. The molecule has 3 rings (SSSR count). The molecule has 1 aliphatic heterocycles. The summed E-state index contributed by atoms with van der Waals surface area (Å²) in [6.45, 7) is 1.63. The van der Waals surface area contributed by atoms with E-state index >= 15 is 0 Å². The zero-order chi connectivity index (χ0) is 19.2. The van der Waals surface area contributed by atoms with Crippen LogP contribution < -0.4 is 20.7 Å². The van der Waals surface area contributed by atoms with Crippen molar-refractivity contribution in [2.75, 3.05) is 41.4 Å². The maximum atomic E-state index is 12.6. The quantitative estimate of drug-likeness (QED) is 0.771. The number of para-hydroxylation sites is 1. The van der Waals surface area contributed by atoms with Crippen molar-refractivity contribution in [3.05, 3.63) is 53.1 Å². The zero-order valence-electron chi connectivity index (χ0n) is 14.6. The molecule has 1 aliphatic rings. The molecule has 3 N–H and O–H groups in total. The number of anilines is 2. The van der Waals surface area contributed by atoms with Crippen LogP contribution in [-0.2, 0) is 4.79 Å². The van der Waals surface area contributed by atoms with Crippen LogP contribution in [0.1, 0.15) is 10.4 Å². The van der Waals surface area contributed by atoms with Crippen molar-refractivity contribution in [2.45, 2.75) is 0 Å². The number of hydrogen-bond donors (Lipinski definition) is 2. The number of carbonyl (C=O) groups excluding carboxylic acids is 2. The van der Waals surface area contributed by atoms with Crippen LogP contribution in [0.3, 0.4) is 0 Å². The summed E-state index contributed by atoms with van der Waals surface area (Å²) in [5.41, 5.74) is 6.97. The lowest BCUT2D eigenvalue weighted by atomic mass is 10.1. The van der Waals surface area contributed by atoms with E-state index in [-0.39, 0.29) is 12.5 Å². The van der Waals surface area contributed by atoms with Gasteiger partial charge in [-0.05, 0) is 30.3 Å². The number of amides is 2. The highest BCUT2D eigenvalue weighted by Crippen LogP contribution is 2.31. The molecule has 0 bridgehead atoms. The summed E-state index contributed by atoms with van der Waals surface area (Å²) in [7, 11) is 0. The summed E-state index contributed by atoms with van der Waals surface area (Å²) in [5, 5.41) is 3.41. The summed E-state index contributed by atoms with van der Waals surface area (Å²) < 4.78 is 5.31. The van der Waals surface area contributed by atoms with Crippen LogP contribution >= 0.6 is 23.4 Å². The molecule has 0 saturated carbocycles. The number of nitrogens with zero attached hydrogens (tertiary/aromatic N) is 1. The highest BCUT2D eigenvalue weighted by molar-refractivity contribution is 7.99. The third-order valence-electron chi connectivity index (χ3n) is 4.06. The summed E-state index contributed by atoms with van der Waals surface area (Å²) in [5.74, 6) is 1.49. The standard InChI is InChI=1S/C19H20ClN3O3S/c20-15-11-13(5-6-16(15)23-7-9-27-10-8-23)22-19(25)14-3-1-2-4-17(14)26-12-18(21)24/h1-6,11H,7-10,12H2,(H2,21,24)(H,22,25). The second-order valence-corrected chi connectivity index (χ2v) is 7.60. The smallest absolute Gasteiger partial charge is 0.259 e. The number of primary amides is 1. The van der Waals surface area contributed by atoms with Crippen molar-refractivity contribution in [2.24, 2.45) is 5.73 Å². The minimum Gasteiger partial charge on any atom is -0.483 e. The molecule has 0 atom stereocenters. The number of carbonyl (C=O) groups is 2. The molecule has 0 spiro atoms. The first-order chi connectivity index (χ1) is 13.0. The van der Waals surface area contributed by atoms with Gasteiger partial charge in [0.1, 0.15) is 5.75 Å². The summed E-state index contributed by atoms with van der Waals surface area (Å²) in [4.78, 5) is 25.8. The van der Waals surface area contributed by atoms with Crippen LogP contribution in [0.25, 0.3) is 0 Å². The number of thioether (sulfide) groups is 1. The monoisotopic (exact) mass is 405 g/mol. The predicted octanol–water partition coefficient (Wildman–Crippen LogP) is 3.01. The maximum absolute atomic E-state index is 12.6. The average Bonchev–Trinajstić information content (AvgIpc) is 2.67. The van der Waals surface area contributed by atoms with E-state index in [1.807, 2.05) is 23.9 Å². The minimum absolute atomic E-state index is 0.293. The molecular formula is C19H20ClN3O3S. The Balaban J connectivity index is 1.73. The number of nitrogens with two attached hydrogens (primary N) is 1. The van der Waals surface area contributed by atoms with Gasteiger partial charge in [0.25, 0.3) is 11.8 Å². The second-order valence-electron chi connectivity index (χ2n) is 5.97. The van der Waals surface area contributed by atoms with Crippen LogP contribution in [-0.4, -0.2) is 43.0 Å². The molecule has 0 aliphatic carbocycles. The Morgan fingerprint density at radius 1 is 1.19 bits per heavy atom. The van der Waals surface area contributed by atoms with E-state index in [2.05, 4.69) is 10.2 Å². The van der Waals surface area contributed by atoms with Gasteiger partial charge in [0.05, 0.1) is 16.3 Å². The van der Waals surface area contributed by atoms with Gasteiger partial charge in [0, 0.05) is 30.3 Å². The summed E-state index contributed by atoms with van der Waals surface area (Å²) in [6.07, 6.45) is 0. The first-order valence-corrected chi connectivity index (χ1v) is 10.0. The Hall–Kier alpha value is -2.38. The lowest BCUT2D eigenvalue weighted by Gasteiger charge is -2.29. The molecule has 0 radical (unpaired) electrons. The number of rotatable bonds is 6. The molecule has 1 fully saturated rings. The first-order valence-electron chi connectivity index (χ1n) is 8.48. The van der Waals surface area contributed by atoms with Gasteiger partial charge in [-0.2, -0.15) is 11.8 Å². The number of hydrogen-bond acceptors (Lipinski definition) is 5. The molecule has 142 valence electrons. The Labute approximate surface area is 167 Å². The van der Waals surface area contributed by atoms with E-state index in [9.17, 15) is 9.59 Å². The predicted molar refractivity (Wildman–Crippen MR) is 110 cm³/mol. The van der Waals surface area contributed by atoms with Crippen molar-refractivity contribution < 1.29 is 14.3 Å². The Morgan fingerprint density at radius 3 is 2.63 bits per heavy atom. The molecule has 0 unspecified atom stereocenters. The van der Waals surface area contributed by atoms with Gasteiger partial charge >= 0.3 is 0 Å². The van der Waals surface area contributed by atoms with Crippen LogP contribution in [0.2, 0.25) is 5.02 Å². The molecule has 6 nitrogen and oxygen atoms in total. The van der Waals surface area contributed by atoms with Gasteiger partial charge in [-0.25, -0.2) is 0 Å². The van der Waals surface area contributed by atoms with Gasteiger partial charge in [-0.3, -0.25) is 9.59 Å². The number of ether oxygens (including phenoxy) is 1.